The van der Waals surface area contributed by atoms with Gasteiger partial charge in [-0.05, 0) is 113 Å². The largest absolute Gasteiger partial charge is 0.481 e. The van der Waals surface area contributed by atoms with Crippen LogP contribution in [0.5, 0.6) is 0 Å². The number of H-pyrrole nitrogens is 1. The smallest absolute Gasteiger partial charge is 0.305 e. The molecule has 0 aliphatic heterocycles. The first-order valence-corrected chi connectivity index (χ1v) is 16.5. The Balaban J connectivity index is 0.00000175. The van der Waals surface area contributed by atoms with Gasteiger partial charge >= 0.3 is 5.97 Å². The number of rotatable bonds is 10. The Morgan fingerprint density at radius 1 is 0.917 bits per heavy atom. The number of hydrogen-bond acceptors (Lipinski definition) is 5. The molecule has 1 unspecified atom stereocenters. The van der Waals surface area contributed by atoms with Crippen LogP contribution in [-0.2, 0) is 9.59 Å². The molecule has 1 atom stereocenters. The van der Waals surface area contributed by atoms with Gasteiger partial charge in [-0.1, -0.05) is 59.2 Å². The first-order valence-electron chi connectivity index (χ1n) is 16.5. The first-order chi connectivity index (χ1) is 22.5. The third kappa shape index (κ3) is 15.1. The van der Waals surface area contributed by atoms with E-state index >= 15 is 4.39 Å². The number of carboxylic acid groups (broad SMARTS) is 1. The number of aromatic amines is 1. The summed E-state index contributed by atoms with van der Waals surface area (Å²) in [7, 11) is 1.96. The zero-order chi connectivity index (χ0) is 37.1. The van der Waals surface area contributed by atoms with E-state index < -0.39 is 48.2 Å². The highest BCUT2D eigenvalue weighted by molar-refractivity contribution is 5.96. The molecule has 0 spiro atoms. The highest BCUT2D eigenvalue weighted by Crippen LogP contribution is 2.33. The molecule has 0 fully saturated rings. The molecule has 9 nitrogen and oxygen atoms in total. The van der Waals surface area contributed by atoms with Gasteiger partial charge in [-0.25, -0.2) is 4.39 Å². The van der Waals surface area contributed by atoms with E-state index in [0.29, 0.717) is 16.8 Å². The Labute approximate surface area is 286 Å². The van der Waals surface area contributed by atoms with Crippen molar-refractivity contribution >= 4 is 17.8 Å². The quantitative estimate of drug-likeness (QED) is 0.156. The van der Waals surface area contributed by atoms with Crippen LogP contribution in [0.15, 0.2) is 41.2 Å². The predicted octanol–water partition coefficient (Wildman–Crippen LogP) is 7.09. The lowest BCUT2D eigenvalue weighted by atomic mass is 9.89. The average Bonchev–Trinajstić information content (AvgIpc) is 2.98. The molecule has 0 aliphatic carbocycles. The molecule has 1 heterocycles. The second kappa shape index (κ2) is 22.3. The molecule has 0 radical (unpaired) electrons. The number of aliphatic carboxylic acids is 1. The van der Waals surface area contributed by atoms with Gasteiger partial charge < -0.3 is 26.0 Å². The van der Waals surface area contributed by atoms with Crippen molar-refractivity contribution in [1.29, 1.82) is 0 Å². The molecule has 1 aromatic heterocycles. The summed E-state index contributed by atoms with van der Waals surface area (Å²) in [4.78, 5) is 51.1. The molecule has 2 aromatic carbocycles. The number of pyridine rings is 1. The fraction of sp³-hybridized carbons (Fsp3) is 0.474. The minimum absolute atomic E-state index is 0.0337. The number of nitrogens with one attached hydrogen (secondary N) is 4. The lowest BCUT2D eigenvalue weighted by Gasteiger charge is -2.21. The Hall–Kier alpha value is -4.31. The number of carboxylic acids is 1. The van der Waals surface area contributed by atoms with E-state index in [1.54, 1.807) is 32.0 Å². The van der Waals surface area contributed by atoms with Crippen LogP contribution in [0.1, 0.15) is 104 Å². The SMILES string of the molecule is CC.CC(C)C.CCCNC.Cc1cc(C)c(-c2cc(C)c(F)c(C(CC(=O)O)NC(=O)CNC(=O)c3ccc(C)[nH]c3=O)c2)c(C)c1. The van der Waals surface area contributed by atoms with Crippen LogP contribution in [0.2, 0.25) is 0 Å². The normalized spacial score (nSPS) is 10.7. The van der Waals surface area contributed by atoms with Gasteiger partial charge in [0.25, 0.3) is 11.5 Å². The summed E-state index contributed by atoms with van der Waals surface area (Å²) in [5.74, 6) is -2.51. The third-order valence-corrected chi connectivity index (χ3v) is 6.55. The number of amides is 2. The summed E-state index contributed by atoms with van der Waals surface area (Å²) in [5.41, 5.74) is 4.83. The number of aromatic nitrogens is 1. The van der Waals surface area contributed by atoms with E-state index in [0.717, 1.165) is 34.7 Å². The van der Waals surface area contributed by atoms with E-state index in [1.807, 2.05) is 53.8 Å². The number of benzene rings is 2. The second-order valence-corrected chi connectivity index (χ2v) is 12.1. The van der Waals surface area contributed by atoms with Crippen LogP contribution in [0.25, 0.3) is 11.1 Å². The van der Waals surface area contributed by atoms with Crippen molar-refractivity contribution < 1.29 is 23.9 Å². The van der Waals surface area contributed by atoms with Crippen molar-refractivity contribution in [2.45, 2.75) is 95.0 Å². The fourth-order valence-electron chi connectivity index (χ4n) is 4.75. The average molecular weight is 669 g/mol. The van der Waals surface area contributed by atoms with E-state index in [1.165, 1.54) is 12.5 Å². The Bertz CT molecular complexity index is 1520. The van der Waals surface area contributed by atoms with Gasteiger partial charge in [0.2, 0.25) is 5.91 Å². The first kappa shape index (κ1) is 43.7. The molecule has 5 N–H and O–H groups in total. The van der Waals surface area contributed by atoms with Gasteiger partial charge in [-0.2, -0.15) is 0 Å². The van der Waals surface area contributed by atoms with E-state index in [4.69, 9.17) is 0 Å². The lowest BCUT2D eigenvalue weighted by Crippen LogP contribution is -2.40. The Morgan fingerprint density at radius 3 is 1.94 bits per heavy atom. The molecular weight excluding hydrogens is 611 g/mol. The molecule has 10 heteroatoms. The zero-order valence-electron chi connectivity index (χ0n) is 30.9. The number of carbonyl (C=O) groups excluding carboxylic acids is 2. The number of carbonyl (C=O) groups is 3. The van der Waals surface area contributed by atoms with Crippen LogP contribution >= 0.6 is 0 Å². The van der Waals surface area contributed by atoms with Gasteiger partial charge in [-0.15, -0.1) is 0 Å². The second-order valence-electron chi connectivity index (χ2n) is 12.1. The van der Waals surface area contributed by atoms with Gasteiger partial charge in [0, 0.05) is 11.3 Å². The molecule has 3 aromatic rings. The molecule has 48 heavy (non-hydrogen) atoms. The predicted molar refractivity (Wildman–Crippen MR) is 194 cm³/mol. The Kier molecular flexibility index (Phi) is 20.3. The van der Waals surface area contributed by atoms with Crippen molar-refractivity contribution in [2.75, 3.05) is 20.1 Å². The van der Waals surface area contributed by atoms with Crippen LogP contribution in [0, 0.1) is 46.4 Å². The molecule has 3 rings (SSSR count). The van der Waals surface area contributed by atoms with Crippen molar-refractivity contribution in [2.24, 2.45) is 5.92 Å². The molecule has 0 bridgehead atoms. The van der Waals surface area contributed by atoms with Gasteiger partial charge in [0.15, 0.2) is 0 Å². The highest BCUT2D eigenvalue weighted by atomic mass is 19.1. The molecule has 0 aliphatic rings. The minimum Gasteiger partial charge on any atom is -0.481 e. The topological polar surface area (TPSA) is 140 Å². The number of halogens is 1. The maximum Gasteiger partial charge on any atom is 0.305 e. The van der Waals surface area contributed by atoms with Crippen molar-refractivity contribution in [1.82, 2.24) is 20.9 Å². The summed E-state index contributed by atoms with van der Waals surface area (Å²) in [6, 6.07) is 8.99. The highest BCUT2D eigenvalue weighted by Gasteiger charge is 2.24. The van der Waals surface area contributed by atoms with Crippen LogP contribution in [-0.4, -0.2) is 48.0 Å². The summed E-state index contributed by atoms with van der Waals surface area (Å²) in [6.07, 6.45) is 0.666. The number of aryl methyl sites for hydroxylation is 5. The maximum absolute atomic E-state index is 15.3. The molecule has 0 saturated carbocycles. The van der Waals surface area contributed by atoms with Crippen molar-refractivity contribution in [3.05, 3.63) is 91.6 Å². The summed E-state index contributed by atoms with van der Waals surface area (Å²) < 4.78 is 15.3. The third-order valence-electron chi connectivity index (χ3n) is 6.55. The monoisotopic (exact) mass is 668 g/mol. The van der Waals surface area contributed by atoms with Crippen LogP contribution in [0.4, 0.5) is 4.39 Å². The minimum atomic E-state index is -1.23. The van der Waals surface area contributed by atoms with Gasteiger partial charge in [0.05, 0.1) is 19.0 Å². The van der Waals surface area contributed by atoms with E-state index in [-0.39, 0.29) is 11.1 Å². The van der Waals surface area contributed by atoms with E-state index in [9.17, 15) is 24.3 Å². The Morgan fingerprint density at radius 2 is 1.48 bits per heavy atom. The fourth-order valence-corrected chi connectivity index (χ4v) is 4.75. The summed E-state index contributed by atoms with van der Waals surface area (Å²) in [6.45, 7) is 22.4. The summed E-state index contributed by atoms with van der Waals surface area (Å²) >= 11 is 0. The van der Waals surface area contributed by atoms with Crippen molar-refractivity contribution in [3.63, 3.8) is 0 Å². The van der Waals surface area contributed by atoms with Crippen LogP contribution in [0.3, 0.4) is 0 Å². The molecule has 266 valence electrons. The van der Waals surface area contributed by atoms with Gasteiger partial charge in [-0.3, -0.25) is 19.2 Å². The molecule has 2 amide bonds. The van der Waals surface area contributed by atoms with Gasteiger partial charge in [0.1, 0.15) is 11.4 Å². The zero-order valence-corrected chi connectivity index (χ0v) is 30.9. The van der Waals surface area contributed by atoms with E-state index in [2.05, 4.69) is 48.6 Å². The molecular formula is C38H57FN4O5. The van der Waals surface area contributed by atoms with Crippen molar-refractivity contribution in [3.8, 4) is 11.1 Å². The summed E-state index contributed by atoms with van der Waals surface area (Å²) in [5, 5.41) is 17.3. The van der Waals surface area contributed by atoms with Crippen LogP contribution < -0.4 is 21.5 Å². The lowest BCUT2D eigenvalue weighted by molar-refractivity contribution is -0.137. The number of hydrogen-bond donors (Lipinski definition) is 5. The standard InChI is InChI=1S/C28H30FN3O5.C4H11N.C4H10.C2H6/c1-14-8-15(2)25(16(3)9-14)19-10-17(4)26(29)21(11-19)22(12-24(34)35)32-23(33)13-30-27(36)20-7-6-18(5)31-28(20)37;1-3-4-5-2;1-4(2)3;1-2/h6-11,22H,12-13H2,1-5H3,(H,30,36)(H,31,37)(H,32,33)(H,34,35);5H,3-4H2,1-2H3;4H,1-3H3;1-2H3. The maximum atomic E-state index is 15.3. The molecule has 0 saturated heterocycles.